The first-order valence-electron chi connectivity index (χ1n) is 18.1. The Hall–Kier alpha value is -5.62. The third-order valence-electron chi connectivity index (χ3n) is 10.00. The molecule has 2 aliphatic rings. The quantitative estimate of drug-likeness (QED) is 0.0989. The van der Waals surface area contributed by atoms with Crippen molar-refractivity contribution in [2.45, 2.75) is 75.5 Å². The Balaban J connectivity index is 0.000000215. The standard InChI is InChI=1S/C20H25F2N5O2.C18H21F2N5O2/c1-27(2)12-6-4-11(5-7-12)25-20-24-10-13(19(23)26-20)18(28)16-15(29-3)9-8-14(21)17(16)22;1-27-13-7-6-12(19)15(20)14(13)16(26)11-8-23-18(25-17(11)22)24-10-4-2-9(21)3-5-10/h8-12H,4-7H2,1-3H3,(H3,23,24,25,26);6-10H,2-5,21H2,1H3,(H3,22,23,24,25). The van der Waals surface area contributed by atoms with E-state index in [-0.39, 0.29) is 58.3 Å². The molecular formula is C38H46F4N10O4. The van der Waals surface area contributed by atoms with E-state index in [9.17, 15) is 27.2 Å². The SMILES string of the molecule is COc1ccc(F)c(F)c1C(=O)c1cnc(NC2CCC(N(C)C)CC2)nc1N.COc1ccc(F)c(F)c1C(=O)c1cnc(NC2CCC(N)CC2)nc1N. The van der Waals surface area contributed by atoms with Crippen molar-refractivity contribution in [2.24, 2.45) is 5.73 Å². The lowest BCUT2D eigenvalue weighted by Crippen LogP contribution is -2.36. The number of nitrogens with two attached hydrogens (primary N) is 3. The summed E-state index contributed by atoms with van der Waals surface area (Å²) in [6.45, 7) is 0. The maximum Gasteiger partial charge on any atom is 0.224 e. The first kappa shape index (κ1) is 41.5. The molecule has 2 saturated carbocycles. The van der Waals surface area contributed by atoms with Gasteiger partial charge in [-0.15, -0.1) is 0 Å². The van der Waals surface area contributed by atoms with E-state index in [0.717, 1.165) is 63.5 Å². The molecule has 6 rings (SSSR count). The third kappa shape index (κ3) is 9.60. The van der Waals surface area contributed by atoms with Crippen molar-refractivity contribution in [2.75, 3.05) is 50.4 Å². The zero-order chi connectivity index (χ0) is 40.7. The Kier molecular flexibility index (Phi) is 13.6. The van der Waals surface area contributed by atoms with Crippen LogP contribution >= 0.6 is 0 Å². The fraction of sp³-hybridized carbons (Fsp3) is 0.421. The van der Waals surface area contributed by atoms with Crippen LogP contribution in [0.25, 0.3) is 0 Å². The molecule has 300 valence electrons. The highest BCUT2D eigenvalue weighted by Crippen LogP contribution is 2.30. The number of anilines is 4. The number of carbonyl (C=O) groups is 2. The summed E-state index contributed by atoms with van der Waals surface area (Å²) < 4.78 is 65.5. The van der Waals surface area contributed by atoms with Crippen molar-refractivity contribution in [3.05, 3.63) is 82.2 Å². The summed E-state index contributed by atoms with van der Waals surface area (Å²) >= 11 is 0. The van der Waals surface area contributed by atoms with Crippen molar-refractivity contribution in [1.82, 2.24) is 24.8 Å². The third-order valence-corrected chi connectivity index (χ3v) is 10.00. The molecule has 18 heteroatoms. The summed E-state index contributed by atoms with van der Waals surface area (Å²) in [7, 11) is 6.68. The number of carbonyl (C=O) groups excluding carboxylic acids is 2. The summed E-state index contributed by atoms with van der Waals surface area (Å²) in [6, 6.07) is 5.30. The number of nitrogens with zero attached hydrogens (tertiary/aromatic N) is 5. The Labute approximate surface area is 321 Å². The molecule has 8 N–H and O–H groups in total. The van der Waals surface area contributed by atoms with Crippen LogP contribution in [0.3, 0.4) is 0 Å². The van der Waals surface area contributed by atoms with Crippen LogP contribution in [-0.2, 0) is 0 Å². The Morgan fingerprint density at radius 1 is 0.679 bits per heavy atom. The lowest BCUT2D eigenvalue weighted by molar-refractivity contribution is 0.102. The van der Waals surface area contributed by atoms with Crippen LogP contribution in [0.15, 0.2) is 36.7 Å². The lowest BCUT2D eigenvalue weighted by atomic mass is 9.90. The van der Waals surface area contributed by atoms with Crippen LogP contribution in [-0.4, -0.2) is 88.9 Å². The number of hydrogen-bond donors (Lipinski definition) is 5. The van der Waals surface area contributed by atoms with Gasteiger partial charge < -0.3 is 42.2 Å². The molecule has 4 aromatic rings. The fourth-order valence-corrected chi connectivity index (χ4v) is 6.74. The van der Waals surface area contributed by atoms with E-state index in [1.807, 2.05) is 0 Å². The summed E-state index contributed by atoms with van der Waals surface area (Å²) in [5.74, 6) is -6.45. The zero-order valence-corrected chi connectivity index (χ0v) is 31.5. The predicted molar refractivity (Wildman–Crippen MR) is 203 cm³/mol. The van der Waals surface area contributed by atoms with Crippen molar-refractivity contribution >= 4 is 35.1 Å². The minimum Gasteiger partial charge on any atom is -0.496 e. The monoisotopic (exact) mass is 782 g/mol. The van der Waals surface area contributed by atoms with E-state index in [1.165, 1.54) is 38.7 Å². The number of nitrogens with one attached hydrogen (secondary N) is 2. The number of aromatic nitrogens is 4. The highest BCUT2D eigenvalue weighted by atomic mass is 19.2. The molecule has 56 heavy (non-hydrogen) atoms. The van der Waals surface area contributed by atoms with Crippen molar-refractivity contribution in [1.29, 1.82) is 0 Å². The van der Waals surface area contributed by atoms with Gasteiger partial charge in [-0.3, -0.25) is 9.59 Å². The molecule has 0 amide bonds. The molecule has 2 fully saturated rings. The molecule has 0 atom stereocenters. The van der Waals surface area contributed by atoms with E-state index < -0.39 is 46.0 Å². The Bertz CT molecular complexity index is 2040. The average Bonchev–Trinajstić information content (AvgIpc) is 3.18. The molecular weight excluding hydrogens is 736 g/mol. The van der Waals surface area contributed by atoms with Crippen molar-refractivity contribution < 1.29 is 36.6 Å². The van der Waals surface area contributed by atoms with Crippen LogP contribution in [0, 0.1) is 23.3 Å². The maximum absolute atomic E-state index is 14.2. The molecule has 0 radical (unpaired) electrons. The number of ketones is 2. The first-order chi connectivity index (χ1) is 26.7. The van der Waals surface area contributed by atoms with Crippen LogP contribution < -0.4 is 37.3 Å². The van der Waals surface area contributed by atoms with Gasteiger partial charge in [0.05, 0.1) is 25.3 Å². The fourth-order valence-electron chi connectivity index (χ4n) is 6.74. The van der Waals surface area contributed by atoms with Crippen LogP contribution in [0.5, 0.6) is 11.5 Å². The van der Waals surface area contributed by atoms with Gasteiger partial charge in [0.25, 0.3) is 0 Å². The second kappa shape index (κ2) is 18.3. The zero-order valence-electron chi connectivity index (χ0n) is 31.5. The molecule has 0 bridgehead atoms. The van der Waals surface area contributed by atoms with Gasteiger partial charge in [0.1, 0.15) is 34.3 Å². The van der Waals surface area contributed by atoms with Gasteiger partial charge in [-0.05, 0) is 89.7 Å². The normalized spacial score (nSPS) is 19.4. The summed E-state index contributed by atoms with van der Waals surface area (Å²) in [5.41, 5.74) is 16.4. The number of nitrogen functional groups attached to an aromatic ring is 2. The van der Waals surface area contributed by atoms with E-state index in [4.69, 9.17) is 26.7 Å². The van der Waals surface area contributed by atoms with E-state index in [0.29, 0.717) is 12.0 Å². The molecule has 2 heterocycles. The number of ether oxygens (including phenoxy) is 2. The summed E-state index contributed by atoms with van der Waals surface area (Å²) in [4.78, 5) is 44.1. The van der Waals surface area contributed by atoms with Gasteiger partial charge >= 0.3 is 0 Å². The molecule has 2 aromatic carbocycles. The Morgan fingerprint density at radius 2 is 1.07 bits per heavy atom. The maximum atomic E-state index is 14.2. The van der Waals surface area contributed by atoms with Gasteiger partial charge in [-0.2, -0.15) is 9.97 Å². The molecule has 14 nitrogen and oxygen atoms in total. The number of methoxy groups -OCH3 is 2. The van der Waals surface area contributed by atoms with E-state index >= 15 is 0 Å². The molecule has 2 aromatic heterocycles. The second-order valence-corrected chi connectivity index (χ2v) is 13.9. The van der Waals surface area contributed by atoms with Gasteiger partial charge in [-0.25, -0.2) is 27.5 Å². The molecule has 0 spiro atoms. The van der Waals surface area contributed by atoms with Gasteiger partial charge in [0, 0.05) is 36.6 Å². The molecule has 2 aliphatic carbocycles. The highest BCUT2D eigenvalue weighted by molar-refractivity contribution is 6.14. The summed E-state index contributed by atoms with van der Waals surface area (Å²) in [5, 5.41) is 6.40. The summed E-state index contributed by atoms with van der Waals surface area (Å²) in [6.07, 6.45) is 10.1. The molecule has 0 unspecified atom stereocenters. The average molecular weight is 783 g/mol. The second-order valence-electron chi connectivity index (χ2n) is 13.9. The van der Waals surface area contributed by atoms with Gasteiger partial charge in [-0.1, -0.05) is 0 Å². The van der Waals surface area contributed by atoms with E-state index in [1.54, 1.807) is 0 Å². The number of benzene rings is 2. The van der Waals surface area contributed by atoms with Gasteiger partial charge in [0.2, 0.25) is 23.5 Å². The number of halogens is 4. The van der Waals surface area contributed by atoms with Crippen LogP contribution in [0.2, 0.25) is 0 Å². The largest absolute Gasteiger partial charge is 0.496 e. The minimum absolute atomic E-state index is 0.0897. The van der Waals surface area contributed by atoms with Crippen LogP contribution in [0.4, 0.5) is 41.1 Å². The highest BCUT2D eigenvalue weighted by Gasteiger charge is 2.28. The predicted octanol–water partition coefficient (Wildman–Crippen LogP) is 5.12. The van der Waals surface area contributed by atoms with Crippen LogP contribution in [0.1, 0.15) is 83.2 Å². The topological polar surface area (TPSA) is 210 Å². The number of hydrogen-bond acceptors (Lipinski definition) is 14. The Morgan fingerprint density at radius 3 is 1.43 bits per heavy atom. The molecule has 0 saturated heterocycles. The van der Waals surface area contributed by atoms with E-state index in [2.05, 4.69) is 49.6 Å². The number of rotatable bonds is 11. The smallest absolute Gasteiger partial charge is 0.224 e. The van der Waals surface area contributed by atoms with Crippen molar-refractivity contribution in [3.8, 4) is 11.5 Å². The van der Waals surface area contributed by atoms with Crippen molar-refractivity contribution in [3.63, 3.8) is 0 Å². The van der Waals surface area contributed by atoms with Gasteiger partial charge in [0.15, 0.2) is 23.3 Å². The molecule has 0 aliphatic heterocycles. The first-order valence-corrected chi connectivity index (χ1v) is 18.1. The minimum atomic E-state index is -1.31. The lowest BCUT2D eigenvalue weighted by Gasteiger charge is -2.32.